The molecule has 0 amide bonds. The van der Waals surface area contributed by atoms with E-state index in [2.05, 4.69) is 256 Å². The van der Waals surface area contributed by atoms with Crippen molar-refractivity contribution in [3.8, 4) is 0 Å². The Balaban J connectivity index is 1.08. The van der Waals surface area contributed by atoms with Gasteiger partial charge in [-0.2, -0.15) is 0 Å². The summed E-state index contributed by atoms with van der Waals surface area (Å²) >= 11 is 1.91. The number of benzene rings is 9. The standard InChI is InChI=1S/C71H63BN2S/c1-41-33-61-66-62(34-41)74(58-28-20-30-64-65(58)45-22-13-19-29-63(45)75-64)60-40-55-53(69(6,7)49-25-16-18-27-51(49)71(55,10)11)38-57(60)72(66)56-37-52-54(70(8,9)50-26-17-15-24-48(50)68(52,4)5)39-59(56)73(61)44-31-32-47-43(36-44)35-42-21-12-14-23-46(42)67(47,2)3/h12-34,36-40H,35H2,1-11H3. The van der Waals surface area contributed by atoms with Crippen LogP contribution in [0.15, 0.2) is 170 Å². The Morgan fingerprint density at radius 2 is 0.840 bits per heavy atom. The van der Waals surface area contributed by atoms with Gasteiger partial charge in [0.05, 0.1) is 5.69 Å². The van der Waals surface area contributed by atoms with E-state index in [4.69, 9.17) is 0 Å². The molecular weight excluding hydrogens is 924 g/mol. The molecule has 0 N–H and O–H groups in total. The first kappa shape index (κ1) is 45.3. The van der Waals surface area contributed by atoms with E-state index >= 15 is 0 Å². The van der Waals surface area contributed by atoms with Gasteiger partial charge in [-0.1, -0.05) is 184 Å². The van der Waals surface area contributed by atoms with Gasteiger partial charge in [0.2, 0.25) is 0 Å². The van der Waals surface area contributed by atoms with Crippen LogP contribution in [0.3, 0.4) is 0 Å². The van der Waals surface area contributed by atoms with Crippen LogP contribution in [0.2, 0.25) is 0 Å². The number of nitrogens with zero attached hydrogens (tertiary/aromatic N) is 2. The molecule has 0 unspecified atom stereocenters. The molecule has 0 saturated heterocycles. The fourth-order valence-electron chi connectivity index (χ4n) is 15.6. The first-order valence-electron chi connectivity index (χ1n) is 27.3. The summed E-state index contributed by atoms with van der Waals surface area (Å²) < 4.78 is 2.64. The average Bonchev–Trinajstić information content (AvgIpc) is 3.85. The van der Waals surface area contributed by atoms with Crippen LogP contribution in [-0.4, -0.2) is 6.71 Å². The molecule has 0 atom stereocenters. The van der Waals surface area contributed by atoms with E-state index < -0.39 is 0 Å². The highest BCUT2D eigenvalue weighted by Crippen LogP contribution is 2.56. The second-order valence-corrected chi connectivity index (χ2v) is 26.5. The van der Waals surface area contributed by atoms with E-state index in [1.165, 1.54) is 143 Å². The molecule has 15 rings (SSSR count). The van der Waals surface area contributed by atoms with E-state index in [1.54, 1.807) is 0 Å². The van der Waals surface area contributed by atoms with Crippen LogP contribution < -0.4 is 26.2 Å². The number of rotatable bonds is 2. The van der Waals surface area contributed by atoms with Gasteiger partial charge in [-0.15, -0.1) is 11.3 Å². The maximum atomic E-state index is 2.71. The molecule has 0 saturated carbocycles. The predicted molar refractivity (Wildman–Crippen MR) is 321 cm³/mol. The lowest BCUT2D eigenvalue weighted by molar-refractivity contribution is 0.521. The maximum Gasteiger partial charge on any atom is 0.252 e. The van der Waals surface area contributed by atoms with E-state index in [9.17, 15) is 0 Å². The Morgan fingerprint density at radius 1 is 0.373 bits per heavy atom. The lowest BCUT2D eigenvalue weighted by atomic mass is 9.32. The number of fused-ring (bicyclic) bond motifs is 13. The van der Waals surface area contributed by atoms with Crippen molar-refractivity contribution in [2.45, 2.75) is 110 Å². The van der Waals surface area contributed by atoms with Gasteiger partial charge in [-0.25, -0.2) is 0 Å². The molecule has 2 nitrogen and oxygen atoms in total. The number of hydrogen-bond acceptors (Lipinski definition) is 3. The number of hydrogen-bond donors (Lipinski definition) is 0. The molecule has 2 aliphatic heterocycles. The largest absolute Gasteiger partial charge is 0.311 e. The molecule has 1 aromatic heterocycles. The molecule has 0 fully saturated rings. The minimum Gasteiger partial charge on any atom is -0.311 e. The number of thiophene rings is 1. The average molecular weight is 987 g/mol. The predicted octanol–water partition coefficient (Wildman–Crippen LogP) is 16.6. The Morgan fingerprint density at radius 3 is 1.44 bits per heavy atom. The van der Waals surface area contributed by atoms with Crippen molar-refractivity contribution in [3.63, 3.8) is 0 Å². The van der Waals surface area contributed by atoms with Gasteiger partial charge in [0, 0.05) is 75.7 Å². The highest BCUT2D eigenvalue weighted by atomic mass is 32.1. The third kappa shape index (κ3) is 5.82. The van der Waals surface area contributed by atoms with E-state index in [0.29, 0.717) is 0 Å². The van der Waals surface area contributed by atoms with Gasteiger partial charge in [-0.05, 0) is 157 Å². The molecular formula is C71H63BN2S. The summed E-state index contributed by atoms with van der Waals surface area (Å²) in [5.74, 6) is 0. The van der Waals surface area contributed by atoms with Crippen LogP contribution in [0.1, 0.15) is 142 Å². The summed E-state index contributed by atoms with van der Waals surface area (Å²) in [5, 5.41) is 2.64. The molecule has 9 aromatic carbocycles. The summed E-state index contributed by atoms with van der Waals surface area (Å²) in [6, 6.07) is 66.9. The van der Waals surface area contributed by atoms with E-state index in [0.717, 1.165) is 6.42 Å². The van der Waals surface area contributed by atoms with Crippen LogP contribution >= 0.6 is 11.3 Å². The smallest absolute Gasteiger partial charge is 0.252 e. The molecule has 10 aromatic rings. The van der Waals surface area contributed by atoms with Crippen LogP contribution in [0.25, 0.3) is 20.2 Å². The molecule has 5 aliphatic rings. The molecule has 366 valence electrons. The zero-order valence-electron chi connectivity index (χ0n) is 45.3. The minimum absolute atomic E-state index is 0.0438. The van der Waals surface area contributed by atoms with Crippen LogP contribution in [-0.2, 0) is 33.5 Å². The first-order valence-corrected chi connectivity index (χ1v) is 28.1. The zero-order chi connectivity index (χ0) is 51.5. The van der Waals surface area contributed by atoms with Gasteiger partial charge in [0.25, 0.3) is 6.71 Å². The summed E-state index contributed by atoms with van der Waals surface area (Å²) in [4.78, 5) is 5.40. The normalized spacial score (nSPS) is 17.9. The van der Waals surface area contributed by atoms with Gasteiger partial charge in [0.1, 0.15) is 0 Å². The van der Waals surface area contributed by atoms with Crippen molar-refractivity contribution in [1.82, 2.24) is 0 Å². The van der Waals surface area contributed by atoms with Crippen molar-refractivity contribution in [1.29, 1.82) is 0 Å². The van der Waals surface area contributed by atoms with E-state index in [1.807, 2.05) is 11.3 Å². The third-order valence-corrected chi connectivity index (χ3v) is 20.6. The summed E-state index contributed by atoms with van der Waals surface area (Å²) in [7, 11) is 0. The minimum atomic E-state index is -0.230. The van der Waals surface area contributed by atoms with Crippen LogP contribution in [0, 0.1) is 6.92 Å². The molecule has 0 spiro atoms. The monoisotopic (exact) mass is 986 g/mol. The maximum absolute atomic E-state index is 2.71. The fourth-order valence-corrected chi connectivity index (χ4v) is 16.7. The van der Waals surface area contributed by atoms with Crippen molar-refractivity contribution < 1.29 is 0 Å². The fraction of sp³-hybridized carbons (Fsp3) is 0.239. The van der Waals surface area contributed by atoms with Crippen LogP contribution in [0.4, 0.5) is 34.1 Å². The highest BCUT2D eigenvalue weighted by molar-refractivity contribution is 7.26. The molecule has 3 aliphatic carbocycles. The van der Waals surface area contributed by atoms with Crippen molar-refractivity contribution in [2.75, 3.05) is 9.80 Å². The molecule has 4 heteroatoms. The second kappa shape index (κ2) is 14.8. The topological polar surface area (TPSA) is 6.48 Å². The summed E-state index contributed by atoms with van der Waals surface area (Å²) in [5.41, 5.74) is 29.0. The Kier molecular flexibility index (Phi) is 8.95. The third-order valence-electron chi connectivity index (χ3n) is 19.4. The van der Waals surface area contributed by atoms with Crippen molar-refractivity contribution in [2.24, 2.45) is 0 Å². The molecule has 3 heterocycles. The Labute approximate surface area is 447 Å². The number of aryl methyl sites for hydroxylation is 1. The van der Waals surface area contributed by atoms with E-state index in [-0.39, 0.29) is 33.8 Å². The lowest BCUT2D eigenvalue weighted by Crippen LogP contribution is -2.62. The zero-order valence-corrected chi connectivity index (χ0v) is 46.1. The Hall–Kier alpha value is -7.14. The molecule has 75 heavy (non-hydrogen) atoms. The van der Waals surface area contributed by atoms with Crippen LogP contribution in [0.5, 0.6) is 0 Å². The van der Waals surface area contributed by atoms with Gasteiger partial charge in [0.15, 0.2) is 0 Å². The summed E-state index contributed by atoms with van der Waals surface area (Å²) in [6.07, 6.45) is 0.917. The quantitative estimate of drug-likeness (QED) is 0.159. The van der Waals surface area contributed by atoms with Gasteiger partial charge < -0.3 is 9.80 Å². The highest BCUT2D eigenvalue weighted by Gasteiger charge is 2.50. The summed E-state index contributed by atoms with van der Waals surface area (Å²) in [6.45, 7) is 26.8. The van der Waals surface area contributed by atoms with Gasteiger partial charge >= 0.3 is 0 Å². The van der Waals surface area contributed by atoms with Crippen molar-refractivity contribution >= 4 is 88.7 Å². The van der Waals surface area contributed by atoms with Crippen molar-refractivity contribution in [3.05, 3.63) is 242 Å². The molecule has 0 bridgehead atoms. The SMILES string of the molecule is Cc1cc2c3c(c1)N(c1cccc4sc5ccccc5c14)c1cc4c(cc1B3c1cc3c(cc1N2c1ccc2c(c1)Cc1ccccc1C2(C)C)C(C)(C)c1ccccc1C3(C)C)C(C)(C)c1ccccc1C4(C)C. The Bertz CT molecular complexity index is 4180. The lowest BCUT2D eigenvalue weighted by Gasteiger charge is -2.49. The number of anilines is 6. The molecule has 0 radical (unpaired) electrons. The van der Waals surface area contributed by atoms with Gasteiger partial charge in [-0.3, -0.25) is 0 Å². The first-order chi connectivity index (χ1) is 35.9. The second-order valence-electron chi connectivity index (χ2n) is 25.4.